The van der Waals surface area contributed by atoms with Crippen LogP contribution in [0.25, 0.3) is 0 Å². The average molecular weight is 317 g/mol. The number of halogens is 2. The zero-order chi connectivity index (χ0) is 14.5. The second kappa shape index (κ2) is 7.16. The van der Waals surface area contributed by atoms with Crippen LogP contribution in [0.3, 0.4) is 0 Å². The number of anilines is 1. The van der Waals surface area contributed by atoms with Gasteiger partial charge in [0.25, 0.3) is 0 Å². The summed E-state index contributed by atoms with van der Waals surface area (Å²) in [5.74, 6) is 0. The van der Waals surface area contributed by atoms with Gasteiger partial charge in [0.1, 0.15) is 0 Å². The second-order valence-electron chi connectivity index (χ2n) is 5.04. The first-order valence-electron chi connectivity index (χ1n) is 6.94. The number of amides is 2. The Kier molecular flexibility index (Phi) is 5.52. The van der Waals surface area contributed by atoms with Gasteiger partial charge in [-0.3, -0.25) is 0 Å². The molecule has 6 heteroatoms. The minimum atomic E-state index is -0.107. The Morgan fingerprint density at radius 1 is 1.35 bits per heavy atom. The fourth-order valence-electron chi connectivity index (χ4n) is 2.42. The molecule has 2 amide bonds. The summed E-state index contributed by atoms with van der Waals surface area (Å²) in [4.78, 5) is 15.6. The SMILES string of the molecule is CCC[NH+]1CCN(C(=O)Nc2cc(Cl)ccc2Cl)CC1. The van der Waals surface area contributed by atoms with E-state index in [1.165, 1.54) is 13.0 Å². The molecule has 0 aliphatic carbocycles. The van der Waals surface area contributed by atoms with Gasteiger partial charge in [-0.15, -0.1) is 0 Å². The number of quaternary nitrogens is 1. The fourth-order valence-corrected chi connectivity index (χ4v) is 2.75. The Bertz CT molecular complexity index is 473. The van der Waals surface area contributed by atoms with E-state index in [9.17, 15) is 4.79 Å². The fraction of sp³-hybridized carbons (Fsp3) is 0.500. The van der Waals surface area contributed by atoms with Crippen molar-refractivity contribution in [2.45, 2.75) is 13.3 Å². The molecule has 4 nitrogen and oxygen atoms in total. The van der Waals surface area contributed by atoms with Crippen LogP contribution in [0.2, 0.25) is 10.0 Å². The monoisotopic (exact) mass is 316 g/mol. The van der Waals surface area contributed by atoms with Gasteiger partial charge >= 0.3 is 6.03 Å². The summed E-state index contributed by atoms with van der Waals surface area (Å²) in [5.41, 5.74) is 0.563. The van der Waals surface area contributed by atoms with Crippen molar-refractivity contribution in [2.24, 2.45) is 0 Å². The molecule has 1 aliphatic heterocycles. The molecule has 0 spiro atoms. The van der Waals surface area contributed by atoms with Crippen molar-refractivity contribution < 1.29 is 9.69 Å². The Hall–Kier alpha value is -0.970. The molecule has 0 bridgehead atoms. The quantitative estimate of drug-likeness (QED) is 0.880. The van der Waals surface area contributed by atoms with E-state index in [1.54, 1.807) is 23.1 Å². The minimum absolute atomic E-state index is 0.107. The molecule has 0 aromatic heterocycles. The van der Waals surface area contributed by atoms with Crippen LogP contribution in [0.1, 0.15) is 13.3 Å². The summed E-state index contributed by atoms with van der Waals surface area (Å²) in [6.45, 7) is 6.93. The number of hydrogen-bond donors (Lipinski definition) is 2. The smallest absolute Gasteiger partial charge is 0.322 e. The van der Waals surface area contributed by atoms with Crippen LogP contribution >= 0.6 is 23.2 Å². The largest absolute Gasteiger partial charge is 0.332 e. The van der Waals surface area contributed by atoms with Gasteiger partial charge in [0, 0.05) is 5.02 Å². The third kappa shape index (κ3) is 4.01. The van der Waals surface area contributed by atoms with Gasteiger partial charge in [-0.25, -0.2) is 4.79 Å². The lowest BCUT2D eigenvalue weighted by molar-refractivity contribution is -0.904. The summed E-state index contributed by atoms with van der Waals surface area (Å²) >= 11 is 12.0. The highest BCUT2D eigenvalue weighted by atomic mass is 35.5. The van der Waals surface area contributed by atoms with E-state index in [4.69, 9.17) is 23.2 Å². The lowest BCUT2D eigenvalue weighted by Crippen LogP contribution is -3.14. The van der Waals surface area contributed by atoms with Crippen molar-refractivity contribution in [3.05, 3.63) is 28.2 Å². The molecule has 110 valence electrons. The van der Waals surface area contributed by atoms with Gasteiger partial charge < -0.3 is 15.1 Å². The molecule has 1 aromatic carbocycles. The summed E-state index contributed by atoms with van der Waals surface area (Å²) in [5, 5.41) is 3.88. The van der Waals surface area contributed by atoms with Crippen LogP contribution in [-0.2, 0) is 0 Å². The van der Waals surface area contributed by atoms with Gasteiger partial charge in [0.15, 0.2) is 0 Å². The molecule has 0 radical (unpaired) electrons. The summed E-state index contributed by atoms with van der Waals surface area (Å²) in [6.07, 6.45) is 1.18. The Balaban J connectivity index is 1.91. The van der Waals surface area contributed by atoms with Crippen LogP contribution in [0.15, 0.2) is 18.2 Å². The maximum Gasteiger partial charge on any atom is 0.322 e. The zero-order valence-corrected chi connectivity index (χ0v) is 13.1. The summed E-state index contributed by atoms with van der Waals surface area (Å²) in [7, 11) is 0. The Morgan fingerprint density at radius 3 is 2.70 bits per heavy atom. The topological polar surface area (TPSA) is 36.8 Å². The van der Waals surface area contributed by atoms with Crippen LogP contribution in [0.4, 0.5) is 10.5 Å². The number of nitrogens with zero attached hydrogens (tertiary/aromatic N) is 1. The van der Waals surface area contributed by atoms with E-state index in [0.717, 1.165) is 26.2 Å². The van der Waals surface area contributed by atoms with Crippen LogP contribution in [0.5, 0.6) is 0 Å². The molecular weight excluding hydrogens is 297 g/mol. The van der Waals surface area contributed by atoms with Crippen molar-refractivity contribution in [1.82, 2.24) is 4.90 Å². The number of rotatable bonds is 3. The van der Waals surface area contributed by atoms with Gasteiger partial charge in [-0.2, -0.15) is 0 Å². The zero-order valence-electron chi connectivity index (χ0n) is 11.6. The summed E-state index contributed by atoms with van der Waals surface area (Å²) < 4.78 is 0. The van der Waals surface area contributed by atoms with Crippen molar-refractivity contribution in [2.75, 3.05) is 38.0 Å². The van der Waals surface area contributed by atoms with Crippen LogP contribution < -0.4 is 10.2 Å². The Morgan fingerprint density at radius 2 is 2.05 bits per heavy atom. The maximum atomic E-state index is 12.2. The maximum absolute atomic E-state index is 12.2. The van der Waals surface area contributed by atoms with Gasteiger partial charge in [-0.1, -0.05) is 30.1 Å². The highest BCUT2D eigenvalue weighted by Crippen LogP contribution is 2.25. The number of piperazine rings is 1. The molecule has 1 aliphatic rings. The molecule has 1 aromatic rings. The van der Waals surface area contributed by atoms with E-state index in [1.807, 2.05) is 4.90 Å². The number of carbonyl (C=O) groups excluding carboxylic acids is 1. The van der Waals surface area contributed by atoms with Crippen molar-refractivity contribution in [1.29, 1.82) is 0 Å². The molecule has 0 saturated carbocycles. The first-order valence-corrected chi connectivity index (χ1v) is 7.70. The molecule has 2 rings (SSSR count). The number of urea groups is 1. The van der Waals surface area contributed by atoms with Gasteiger partial charge in [0.2, 0.25) is 0 Å². The van der Waals surface area contributed by atoms with Gasteiger partial charge in [0.05, 0.1) is 43.4 Å². The first-order chi connectivity index (χ1) is 9.60. The van der Waals surface area contributed by atoms with E-state index in [-0.39, 0.29) is 6.03 Å². The predicted molar refractivity (Wildman–Crippen MR) is 82.9 cm³/mol. The van der Waals surface area contributed by atoms with E-state index in [2.05, 4.69) is 12.2 Å². The molecule has 2 N–H and O–H groups in total. The van der Waals surface area contributed by atoms with E-state index >= 15 is 0 Å². The summed E-state index contributed by atoms with van der Waals surface area (Å²) in [6, 6.07) is 4.94. The van der Waals surface area contributed by atoms with Crippen molar-refractivity contribution in [3.63, 3.8) is 0 Å². The van der Waals surface area contributed by atoms with Crippen LogP contribution in [0, 0.1) is 0 Å². The van der Waals surface area contributed by atoms with Crippen molar-refractivity contribution >= 4 is 34.9 Å². The molecule has 0 atom stereocenters. The number of nitrogens with one attached hydrogen (secondary N) is 2. The molecule has 1 fully saturated rings. The number of benzene rings is 1. The highest BCUT2D eigenvalue weighted by molar-refractivity contribution is 6.35. The normalized spacial score (nSPS) is 16.2. The standard InChI is InChI=1S/C14H19Cl2N3O/c1-2-5-18-6-8-19(9-7-18)14(20)17-13-10-11(15)3-4-12(13)16/h3-4,10H,2,5-9H2,1H3,(H,17,20)/p+1. The average Bonchev–Trinajstić information content (AvgIpc) is 2.44. The van der Waals surface area contributed by atoms with E-state index in [0.29, 0.717) is 15.7 Å². The highest BCUT2D eigenvalue weighted by Gasteiger charge is 2.23. The minimum Gasteiger partial charge on any atom is -0.332 e. The molecule has 0 unspecified atom stereocenters. The number of carbonyl (C=O) groups is 1. The predicted octanol–water partition coefficient (Wildman–Crippen LogP) is 2.14. The Labute approximate surface area is 129 Å². The first kappa shape index (κ1) is 15.4. The van der Waals surface area contributed by atoms with Crippen LogP contribution in [-0.4, -0.2) is 43.7 Å². The van der Waals surface area contributed by atoms with Crippen molar-refractivity contribution in [3.8, 4) is 0 Å². The lowest BCUT2D eigenvalue weighted by atomic mass is 10.3. The third-order valence-electron chi connectivity index (χ3n) is 3.53. The molecule has 20 heavy (non-hydrogen) atoms. The second-order valence-corrected chi connectivity index (χ2v) is 5.89. The van der Waals surface area contributed by atoms with E-state index < -0.39 is 0 Å². The molecule has 1 saturated heterocycles. The third-order valence-corrected chi connectivity index (χ3v) is 4.10. The van der Waals surface area contributed by atoms with Gasteiger partial charge in [-0.05, 0) is 24.6 Å². The molecular formula is C14H20Cl2N3O+. The number of hydrogen-bond acceptors (Lipinski definition) is 1. The molecule has 1 heterocycles. The lowest BCUT2D eigenvalue weighted by Gasteiger charge is -2.32.